The van der Waals surface area contributed by atoms with Crippen molar-refractivity contribution in [2.45, 2.75) is 6.18 Å². The summed E-state index contributed by atoms with van der Waals surface area (Å²) < 4.78 is 43.3. The fourth-order valence-electron chi connectivity index (χ4n) is 1.78. The molecule has 2 N–H and O–H groups in total. The fraction of sp³-hybridized carbons (Fsp3) is 0.400. The number of ether oxygens (including phenoxy) is 1. The number of rotatable bonds is 5. The van der Waals surface area contributed by atoms with Gasteiger partial charge >= 0.3 is 6.18 Å². The highest BCUT2D eigenvalue weighted by atomic mass is 32.1. The second-order valence-corrected chi connectivity index (χ2v) is 5.82. The lowest BCUT2D eigenvalue weighted by Crippen LogP contribution is -2.15. The Kier molecular flexibility index (Phi) is 7.46. The standard InChI is InChI=1S/C13H14F3N3OS.C2H6O/c1-8(17-5-6-20)10-3-4-11(21-10)9-7-12(13(14,15)16)19(2)18-9;1-3-2/h3-4,7,17,20H,1,5-6H2,2H3;1-2H3. The second-order valence-electron chi connectivity index (χ2n) is 4.74. The van der Waals surface area contributed by atoms with Gasteiger partial charge in [-0.15, -0.1) is 11.3 Å². The molecular formula is C15H20F3N3O2S. The third-order valence-electron chi connectivity index (χ3n) is 2.78. The molecule has 0 saturated heterocycles. The van der Waals surface area contributed by atoms with E-state index in [0.717, 1.165) is 15.6 Å². The van der Waals surface area contributed by atoms with Gasteiger partial charge in [-0.05, 0) is 18.2 Å². The Morgan fingerprint density at radius 1 is 1.42 bits per heavy atom. The zero-order chi connectivity index (χ0) is 18.3. The predicted molar refractivity (Wildman–Crippen MR) is 88.6 cm³/mol. The Labute approximate surface area is 142 Å². The molecule has 0 amide bonds. The van der Waals surface area contributed by atoms with Crippen LogP contribution in [0, 0.1) is 0 Å². The van der Waals surface area contributed by atoms with Crippen molar-refractivity contribution in [2.75, 3.05) is 27.4 Å². The highest BCUT2D eigenvalue weighted by Crippen LogP contribution is 2.34. The molecule has 0 radical (unpaired) electrons. The van der Waals surface area contributed by atoms with Crippen LogP contribution in [0.5, 0.6) is 0 Å². The molecular weight excluding hydrogens is 343 g/mol. The molecule has 5 nitrogen and oxygen atoms in total. The summed E-state index contributed by atoms with van der Waals surface area (Å²) in [6.07, 6.45) is -4.42. The molecule has 0 aliphatic heterocycles. The summed E-state index contributed by atoms with van der Waals surface area (Å²) in [5, 5.41) is 15.5. The predicted octanol–water partition coefficient (Wildman–Crippen LogP) is 2.98. The molecule has 0 aliphatic rings. The van der Waals surface area contributed by atoms with Crippen LogP contribution >= 0.6 is 11.3 Å². The maximum absolute atomic E-state index is 12.7. The van der Waals surface area contributed by atoms with Gasteiger partial charge in [0, 0.05) is 33.5 Å². The molecule has 2 aromatic rings. The number of alkyl halides is 3. The molecule has 0 aliphatic carbocycles. The number of nitrogens with one attached hydrogen (secondary N) is 1. The summed E-state index contributed by atoms with van der Waals surface area (Å²) in [5.41, 5.74) is 0.105. The van der Waals surface area contributed by atoms with Gasteiger partial charge in [-0.2, -0.15) is 18.3 Å². The topological polar surface area (TPSA) is 59.3 Å². The van der Waals surface area contributed by atoms with Gasteiger partial charge in [-0.25, -0.2) is 0 Å². The average Bonchev–Trinajstić information content (AvgIpc) is 3.11. The summed E-state index contributed by atoms with van der Waals surface area (Å²) in [7, 11) is 4.52. The van der Waals surface area contributed by atoms with E-state index >= 15 is 0 Å². The Bertz CT molecular complexity index is 665. The summed E-state index contributed by atoms with van der Waals surface area (Å²) in [4.78, 5) is 1.42. The fourth-order valence-corrected chi connectivity index (χ4v) is 2.69. The smallest absolute Gasteiger partial charge is 0.395 e. The Balaban J connectivity index is 0.000000891. The third kappa shape index (κ3) is 5.36. The first-order valence-electron chi connectivity index (χ1n) is 6.90. The number of aliphatic hydroxyl groups is 1. The van der Waals surface area contributed by atoms with Crippen molar-refractivity contribution in [1.29, 1.82) is 0 Å². The number of thiophene rings is 1. The van der Waals surface area contributed by atoms with E-state index in [4.69, 9.17) is 5.11 Å². The molecule has 2 rings (SSSR count). The number of halogens is 3. The van der Waals surface area contributed by atoms with Gasteiger partial charge in [-0.1, -0.05) is 6.58 Å². The van der Waals surface area contributed by atoms with Crippen LogP contribution < -0.4 is 5.32 Å². The number of aryl methyl sites for hydroxylation is 1. The molecule has 24 heavy (non-hydrogen) atoms. The van der Waals surface area contributed by atoms with Gasteiger partial charge in [0.25, 0.3) is 0 Å². The number of hydrogen-bond donors (Lipinski definition) is 2. The van der Waals surface area contributed by atoms with Crippen LogP contribution in [-0.2, 0) is 18.0 Å². The van der Waals surface area contributed by atoms with E-state index in [-0.39, 0.29) is 12.3 Å². The molecule has 0 spiro atoms. The zero-order valence-corrected chi connectivity index (χ0v) is 14.5. The lowest BCUT2D eigenvalue weighted by atomic mass is 10.3. The van der Waals surface area contributed by atoms with Crippen molar-refractivity contribution in [1.82, 2.24) is 15.1 Å². The first-order chi connectivity index (χ1) is 11.2. The molecule has 0 unspecified atom stereocenters. The van der Waals surface area contributed by atoms with Crippen LogP contribution in [0.15, 0.2) is 24.8 Å². The van der Waals surface area contributed by atoms with Gasteiger partial charge in [0.2, 0.25) is 0 Å². The quantitative estimate of drug-likeness (QED) is 0.858. The monoisotopic (exact) mass is 363 g/mol. The van der Waals surface area contributed by atoms with Crippen molar-refractivity contribution in [2.24, 2.45) is 7.05 Å². The van der Waals surface area contributed by atoms with Crippen molar-refractivity contribution in [3.63, 3.8) is 0 Å². The minimum Gasteiger partial charge on any atom is -0.395 e. The largest absolute Gasteiger partial charge is 0.433 e. The van der Waals surface area contributed by atoms with E-state index < -0.39 is 11.9 Å². The van der Waals surface area contributed by atoms with E-state index in [1.807, 2.05) is 0 Å². The van der Waals surface area contributed by atoms with Crippen molar-refractivity contribution in [3.05, 3.63) is 35.3 Å². The van der Waals surface area contributed by atoms with Gasteiger partial charge < -0.3 is 15.2 Å². The Hall–Kier alpha value is -1.84. The molecule has 134 valence electrons. The van der Waals surface area contributed by atoms with Crippen molar-refractivity contribution in [3.8, 4) is 10.6 Å². The van der Waals surface area contributed by atoms with Gasteiger partial charge in [0.15, 0.2) is 0 Å². The first kappa shape index (κ1) is 20.2. The lowest BCUT2D eigenvalue weighted by Gasteiger charge is -2.04. The van der Waals surface area contributed by atoms with Crippen LogP contribution in [-0.4, -0.2) is 42.3 Å². The maximum Gasteiger partial charge on any atom is 0.433 e. The Morgan fingerprint density at radius 2 is 2.04 bits per heavy atom. The SMILES string of the molecule is C=C(NCCO)c1ccc(-c2cc(C(F)(F)F)n(C)n2)s1.COC. The van der Waals surface area contributed by atoms with Crippen LogP contribution in [0.25, 0.3) is 16.3 Å². The first-order valence-corrected chi connectivity index (χ1v) is 7.71. The van der Waals surface area contributed by atoms with Crippen LogP contribution in [0.4, 0.5) is 13.2 Å². The summed E-state index contributed by atoms with van der Waals surface area (Å²) >= 11 is 1.29. The molecule has 2 heterocycles. The van der Waals surface area contributed by atoms with E-state index in [1.54, 1.807) is 26.4 Å². The van der Waals surface area contributed by atoms with Gasteiger partial charge in [0.1, 0.15) is 11.4 Å². The number of aliphatic hydroxyl groups excluding tert-OH is 1. The lowest BCUT2D eigenvalue weighted by molar-refractivity contribution is -0.143. The van der Waals surface area contributed by atoms with Gasteiger partial charge in [-0.3, -0.25) is 4.68 Å². The van der Waals surface area contributed by atoms with E-state index in [0.29, 0.717) is 17.1 Å². The molecule has 2 aromatic heterocycles. The van der Waals surface area contributed by atoms with E-state index in [1.165, 1.54) is 18.4 Å². The van der Waals surface area contributed by atoms with E-state index in [2.05, 4.69) is 21.7 Å². The Morgan fingerprint density at radius 3 is 2.54 bits per heavy atom. The number of aromatic nitrogens is 2. The summed E-state index contributed by atoms with van der Waals surface area (Å²) in [5.74, 6) is 0. The number of methoxy groups -OCH3 is 1. The highest BCUT2D eigenvalue weighted by Gasteiger charge is 2.35. The molecule has 0 aromatic carbocycles. The molecule has 9 heteroatoms. The van der Waals surface area contributed by atoms with Gasteiger partial charge in [0.05, 0.1) is 16.4 Å². The molecule has 0 saturated carbocycles. The molecule has 0 atom stereocenters. The van der Waals surface area contributed by atoms with E-state index in [9.17, 15) is 13.2 Å². The highest BCUT2D eigenvalue weighted by molar-refractivity contribution is 7.16. The summed E-state index contributed by atoms with van der Waals surface area (Å²) in [6, 6.07) is 4.49. The van der Waals surface area contributed by atoms with Crippen molar-refractivity contribution < 1.29 is 23.0 Å². The average molecular weight is 363 g/mol. The third-order valence-corrected chi connectivity index (χ3v) is 3.94. The summed E-state index contributed by atoms with van der Waals surface area (Å²) in [6.45, 7) is 4.16. The zero-order valence-electron chi connectivity index (χ0n) is 13.6. The minimum absolute atomic E-state index is 0.0214. The minimum atomic E-state index is -4.42. The second kappa shape index (κ2) is 8.86. The van der Waals surface area contributed by atoms with Crippen LogP contribution in [0.2, 0.25) is 0 Å². The number of nitrogens with zero attached hydrogens (tertiary/aromatic N) is 2. The number of hydrogen-bond acceptors (Lipinski definition) is 5. The normalized spacial score (nSPS) is 11.0. The molecule has 0 bridgehead atoms. The molecule has 0 fully saturated rings. The van der Waals surface area contributed by atoms with Crippen LogP contribution in [0.1, 0.15) is 10.6 Å². The maximum atomic E-state index is 12.7. The van der Waals surface area contributed by atoms with Crippen molar-refractivity contribution >= 4 is 17.0 Å². The van der Waals surface area contributed by atoms with Crippen LogP contribution in [0.3, 0.4) is 0 Å².